The van der Waals surface area contributed by atoms with Gasteiger partial charge in [0.15, 0.2) is 0 Å². The number of aromatic nitrogens is 3. The summed E-state index contributed by atoms with van der Waals surface area (Å²) in [6, 6.07) is 4.92. The Morgan fingerprint density at radius 3 is 2.45 bits per heavy atom. The molecule has 2 N–H and O–H groups in total. The lowest BCUT2D eigenvalue weighted by Crippen LogP contribution is -1.99. The Morgan fingerprint density at radius 2 is 1.75 bits per heavy atom. The Kier molecular flexibility index (Phi) is 2.90. The fraction of sp³-hybridized carbons (Fsp3) is 0. The van der Waals surface area contributed by atoms with Crippen LogP contribution in [0, 0.1) is 11.6 Å². The fourth-order valence-corrected chi connectivity index (χ4v) is 2.00. The normalized spacial score (nSPS) is 10.7. The van der Waals surface area contributed by atoms with Gasteiger partial charge in [-0.2, -0.15) is 0 Å². The smallest absolute Gasteiger partial charge is 0.128 e. The van der Waals surface area contributed by atoms with Crippen LogP contribution in [0.3, 0.4) is 0 Å². The Bertz CT molecular complexity index is 747. The van der Waals surface area contributed by atoms with Crippen molar-refractivity contribution in [2.75, 3.05) is 5.73 Å². The molecule has 0 unspecified atom stereocenters. The van der Waals surface area contributed by atoms with E-state index in [2.05, 4.69) is 9.97 Å². The second-order valence-corrected chi connectivity index (χ2v) is 4.24. The molecule has 0 bridgehead atoms. The van der Waals surface area contributed by atoms with E-state index in [4.69, 9.17) is 5.73 Å². The summed E-state index contributed by atoms with van der Waals surface area (Å²) in [6.45, 7) is 0. The average molecular weight is 272 g/mol. The Hall–Kier alpha value is -2.76. The van der Waals surface area contributed by atoms with Crippen LogP contribution in [0.2, 0.25) is 0 Å². The van der Waals surface area contributed by atoms with E-state index in [1.807, 2.05) is 0 Å². The van der Waals surface area contributed by atoms with Crippen LogP contribution < -0.4 is 5.73 Å². The van der Waals surface area contributed by atoms with Crippen LogP contribution in [0.5, 0.6) is 0 Å². The van der Waals surface area contributed by atoms with Gasteiger partial charge >= 0.3 is 0 Å². The molecule has 6 heteroatoms. The van der Waals surface area contributed by atoms with Crippen LogP contribution in [-0.4, -0.2) is 14.5 Å². The van der Waals surface area contributed by atoms with Crippen molar-refractivity contribution >= 4 is 5.69 Å². The van der Waals surface area contributed by atoms with Crippen molar-refractivity contribution in [2.45, 2.75) is 0 Å². The van der Waals surface area contributed by atoms with Gasteiger partial charge in [-0.25, -0.2) is 13.8 Å². The monoisotopic (exact) mass is 272 g/mol. The molecule has 0 fully saturated rings. The van der Waals surface area contributed by atoms with E-state index in [-0.39, 0.29) is 0 Å². The first kappa shape index (κ1) is 12.3. The van der Waals surface area contributed by atoms with Crippen LogP contribution in [0.1, 0.15) is 0 Å². The van der Waals surface area contributed by atoms with Gasteiger partial charge in [0.1, 0.15) is 11.6 Å². The zero-order chi connectivity index (χ0) is 14.1. The van der Waals surface area contributed by atoms with Crippen molar-refractivity contribution in [1.29, 1.82) is 0 Å². The lowest BCUT2D eigenvalue weighted by Gasteiger charge is -2.10. The maximum absolute atomic E-state index is 13.3. The Balaban J connectivity index is 2.18. The highest BCUT2D eigenvalue weighted by Gasteiger charge is 2.11. The van der Waals surface area contributed by atoms with Gasteiger partial charge in [0, 0.05) is 29.7 Å². The number of hydrogen-bond acceptors (Lipinski definition) is 3. The summed E-state index contributed by atoms with van der Waals surface area (Å²) in [5.74, 6) is -1.31. The number of nitrogens with zero attached hydrogens (tertiary/aromatic N) is 3. The van der Waals surface area contributed by atoms with E-state index in [9.17, 15) is 8.78 Å². The molecular weight excluding hydrogens is 262 g/mol. The molecule has 1 aromatic carbocycles. The van der Waals surface area contributed by atoms with Gasteiger partial charge in [-0.15, -0.1) is 0 Å². The van der Waals surface area contributed by atoms with Gasteiger partial charge in [-0.3, -0.25) is 9.55 Å². The third-order valence-corrected chi connectivity index (χ3v) is 2.89. The SMILES string of the molecule is Nc1ccncc1-c1cncn1-c1cc(F)cc(F)c1. The summed E-state index contributed by atoms with van der Waals surface area (Å²) in [5.41, 5.74) is 7.99. The van der Waals surface area contributed by atoms with E-state index >= 15 is 0 Å². The molecule has 3 rings (SSSR count). The highest BCUT2D eigenvalue weighted by molar-refractivity contribution is 5.73. The van der Waals surface area contributed by atoms with Crippen molar-refractivity contribution in [3.05, 3.63) is 60.8 Å². The molecule has 0 radical (unpaired) electrons. The van der Waals surface area contributed by atoms with Gasteiger partial charge in [-0.05, 0) is 18.2 Å². The number of rotatable bonds is 2. The zero-order valence-corrected chi connectivity index (χ0v) is 10.3. The molecule has 0 aliphatic carbocycles. The Morgan fingerprint density at radius 1 is 1.00 bits per heavy atom. The van der Waals surface area contributed by atoms with Crippen LogP contribution in [0.25, 0.3) is 16.9 Å². The lowest BCUT2D eigenvalue weighted by molar-refractivity contribution is 0.581. The molecule has 0 amide bonds. The van der Waals surface area contributed by atoms with Gasteiger partial charge in [0.25, 0.3) is 0 Å². The van der Waals surface area contributed by atoms with Crippen molar-refractivity contribution in [3.63, 3.8) is 0 Å². The highest BCUT2D eigenvalue weighted by atomic mass is 19.1. The van der Waals surface area contributed by atoms with E-state index in [0.717, 1.165) is 6.07 Å². The molecular formula is C14H10F2N4. The average Bonchev–Trinajstić information content (AvgIpc) is 2.87. The highest BCUT2D eigenvalue weighted by Crippen LogP contribution is 2.27. The first-order valence-corrected chi connectivity index (χ1v) is 5.84. The van der Waals surface area contributed by atoms with Gasteiger partial charge in [0.05, 0.1) is 23.9 Å². The Labute approximate surface area is 113 Å². The summed E-state index contributed by atoms with van der Waals surface area (Å²) in [7, 11) is 0. The standard InChI is InChI=1S/C14H10F2N4/c15-9-3-10(16)5-11(4-9)20-8-19-7-14(20)12-6-18-2-1-13(12)17/h1-8H,(H2,17,18). The maximum Gasteiger partial charge on any atom is 0.128 e. The first-order chi connectivity index (χ1) is 9.65. The number of benzene rings is 1. The lowest BCUT2D eigenvalue weighted by atomic mass is 10.2. The van der Waals surface area contributed by atoms with Crippen molar-refractivity contribution in [2.24, 2.45) is 0 Å². The molecule has 2 aromatic heterocycles. The summed E-state index contributed by atoms with van der Waals surface area (Å²) < 4.78 is 28.2. The molecule has 3 aromatic rings. The summed E-state index contributed by atoms with van der Waals surface area (Å²) in [6.07, 6.45) is 6.19. The van der Waals surface area contributed by atoms with Gasteiger partial charge in [-0.1, -0.05) is 0 Å². The second-order valence-electron chi connectivity index (χ2n) is 4.24. The number of nitrogen functional groups attached to an aromatic ring is 1. The predicted octanol–water partition coefficient (Wildman–Crippen LogP) is 2.79. The van der Waals surface area contributed by atoms with E-state index < -0.39 is 11.6 Å². The fourth-order valence-electron chi connectivity index (χ4n) is 2.00. The number of pyridine rings is 1. The van der Waals surface area contributed by atoms with E-state index in [1.54, 1.807) is 29.2 Å². The topological polar surface area (TPSA) is 56.7 Å². The minimum atomic E-state index is -0.654. The van der Waals surface area contributed by atoms with Crippen LogP contribution >= 0.6 is 0 Å². The van der Waals surface area contributed by atoms with Gasteiger partial charge < -0.3 is 5.73 Å². The maximum atomic E-state index is 13.3. The molecule has 0 saturated carbocycles. The van der Waals surface area contributed by atoms with Crippen molar-refractivity contribution < 1.29 is 8.78 Å². The quantitative estimate of drug-likeness (QED) is 0.780. The first-order valence-electron chi connectivity index (χ1n) is 5.84. The molecule has 0 aliphatic rings. The number of anilines is 1. The minimum absolute atomic E-state index is 0.332. The number of halogens is 2. The van der Waals surface area contributed by atoms with Gasteiger partial charge in [0.2, 0.25) is 0 Å². The zero-order valence-electron chi connectivity index (χ0n) is 10.3. The minimum Gasteiger partial charge on any atom is -0.398 e. The largest absolute Gasteiger partial charge is 0.398 e. The van der Waals surface area contributed by atoms with Crippen molar-refractivity contribution in [3.8, 4) is 16.9 Å². The van der Waals surface area contributed by atoms with Crippen LogP contribution in [0.4, 0.5) is 14.5 Å². The van der Waals surface area contributed by atoms with Crippen molar-refractivity contribution in [1.82, 2.24) is 14.5 Å². The van der Waals surface area contributed by atoms with E-state index in [1.165, 1.54) is 18.5 Å². The number of nitrogens with two attached hydrogens (primary N) is 1. The summed E-state index contributed by atoms with van der Waals surface area (Å²) >= 11 is 0. The predicted molar refractivity (Wildman–Crippen MR) is 71.1 cm³/mol. The van der Waals surface area contributed by atoms with E-state index in [0.29, 0.717) is 22.6 Å². The number of hydrogen-bond donors (Lipinski definition) is 1. The molecule has 4 nitrogen and oxygen atoms in total. The molecule has 0 aliphatic heterocycles. The summed E-state index contributed by atoms with van der Waals surface area (Å²) in [4.78, 5) is 8.01. The molecule has 0 atom stereocenters. The third-order valence-electron chi connectivity index (χ3n) is 2.89. The molecule has 2 heterocycles. The third kappa shape index (κ3) is 2.11. The molecule has 20 heavy (non-hydrogen) atoms. The molecule has 100 valence electrons. The molecule has 0 saturated heterocycles. The van der Waals surface area contributed by atoms with Crippen LogP contribution in [0.15, 0.2) is 49.2 Å². The van der Waals surface area contributed by atoms with Crippen LogP contribution in [-0.2, 0) is 0 Å². The second kappa shape index (κ2) is 4.73. The number of imidazole rings is 1. The molecule has 0 spiro atoms. The summed E-state index contributed by atoms with van der Waals surface area (Å²) in [5, 5.41) is 0.